The number of fused-ring (bicyclic) bond motifs is 1. The summed E-state index contributed by atoms with van der Waals surface area (Å²) in [6.45, 7) is 0. The first-order chi connectivity index (χ1) is 14.8. The van der Waals surface area contributed by atoms with Crippen LogP contribution in [0.1, 0.15) is 15.2 Å². The Morgan fingerprint density at radius 2 is 1.90 bits per heavy atom. The fraction of sp³-hybridized carbons (Fsp3) is 0. The number of furan rings is 1. The third-order valence-corrected chi connectivity index (χ3v) is 5.41. The van der Waals surface area contributed by atoms with Gasteiger partial charge >= 0.3 is 0 Å². The quantitative estimate of drug-likeness (QED) is 0.322. The zero-order valence-electron chi connectivity index (χ0n) is 15.7. The molecule has 5 rings (SSSR count). The smallest absolute Gasteiger partial charge is 0.281 e. The van der Waals surface area contributed by atoms with Crippen molar-refractivity contribution >= 4 is 34.4 Å². The Morgan fingerprint density at radius 3 is 2.70 bits per heavy atom. The number of para-hydroxylation sites is 2. The normalized spacial score (nSPS) is 11.3. The number of hydrogen-bond acceptors (Lipinski definition) is 5. The van der Waals surface area contributed by atoms with Crippen LogP contribution >= 0.6 is 11.3 Å². The van der Waals surface area contributed by atoms with Crippen molar-refractivity contribution in [2.24, 2.45) is 5.10 Å². The van der Waals surface area contributed by atoms with E-state index in [0.717, 1.165) is 22.2 Å². The molecule has 0 aliphatic rings. The van der Waals surface area contributed by atoms with Crippen LogP contribution in [-0.2, 0) is 0 Å². The molecule has 0 atom stereocenters. The van der Waals surface area contributed by atoms with Gasteiger partial charge in [-0.3, -0.25) is 4.79 Å². The minimum atomic E-state index is -0.248. The molecule has 0 bridgehead atoms. The number of hydrazone groups is 1. The molecule has 0 saturated carbocycles. The SMILES string of the molecule is O=C(N/N=C\c1cn(-c2ccccc2)nc1-c1cc2ccccc2o1)c1cccs1. The molecule has 3 aromatic heterocycles. The van der Waals surface area contributed by atoms with E-state index in [1.54, 1.807) is 17.0 Å². The zero-order valence-corrected chi connectivity index (χ0v) is 16.5. The lowest BCUT2D eigenvalue weighted by molar-refractivity contribution is 0.0959. The molecule has 1 amide bonds. The number of carbonyl (C=O) groups excluding carboxylic acids is 1. The van der Waals surface area contributed by atoms with Gasteiger partial charge in [0.1, 0.15) is 11.3 Å². The fourth-order valence-corrected chi connectivity index (χ4v) is 3.72. The van der Waals surface area contributed by atoms with Gasteiger partial charge in [0.05, 0.1) is 16.8 Å². The second-order valence-electron chi connectivity index (χ2n) is 6.54. The topological polar surface area (TPSA) is 72.4 Å². The number of carbonyl (C=O) groups is 1. The lowest BCUT2D eigenvalue weighted by atomic mass is 10.2. The van der Waals surface area contributed by atoms with Crippen molar-refractivity contribution in [1.29, 1.82) is 0 Å². The van der Waals surface area contributed by atoms with E-state index >= 15 is 0 Å². The van der Waals surface area contributed by atoms with E-state index in [4.69, 9.17) is 9.52 Å². The Bertz CT molecular complexity index is 1300. The lowest BCUT2D eigenvalue weighted by Gasteiger charge is -1.98. The Morgan fingerprint density at radius 1 is 1.07 bits per heavy atom. The van der Waals surface area contributed by atoms with Crippen molar-refractivity contribution < 1.29 is 9.21 Å². The summed E-state index contributed by atoms with van der Waals surface area (Å²) in [6.07, 6.45) is 3.44. The summed E-state index contributed by atoms with van der Waals surface area (Å²) in [4.78, 5) is 12.7. The molecule has 3 heterocycles. The minimum absolute atomic E-state index is 0.248. The molecule has 1 N–H and O–H groups in total. The van der Waals surface area contributed by atoms with Gasteiger partial charge in [-0.25, -0.2) is 10.1 Å². The van der Waals surface area contributed by atoms with Crippen LogP contribution in [0.4, 0.5) is 0 Å². The number of aromatic nitrogens is 2. The molecule has 0 aliphatic heterocycles. The number of benzene rings is 2. The molecule has 0 aliphatic carbocycles. The lowest BCUT2D eigenvalue weighted by Crippen LogP contribution is -2.16. The Balaban J connectivity index is 1.52. The predicted octanol–water partition coefficient (Wildman–Crippen LogP) is 5.11. The molecule has 6 nitrogen and oxygen atoms in total. The van der Waals surface area contributed by atoms with E-state index in [-0.39, 0.29) is 5.91 Å². The van der Waals surface area contributed by atoms with Crippen LogP contribution < -0.4 is 5.43 Å². The number of nitrogens with one attached hydrogen (secondary N) is 1. The molecule has 0 radical (unpaired) electrons. The maximum atomic E-state index is 12.1. The first-order valence-electron chi connectivity index (χ1n) is 9.29. The summed E-state index contributed by atoms with van der Waals surface area (Å²) >= 11 is 1.36. The summed E-state index contributed by atoms with van der Waals surface area (Å²) in [7, 11) is 0. The summed E-state index contributed by atoms with van der Waals surface area (Å²) in [5, 5.41) is 11.7. The number of nitrogens with zero attached hydrogens (tertiary/aromatic N) is 3. The molecular formula is C23H16N4O2S. The van der Waals surface area contributed by atoms with Gasteiger partial charge in [-0.15, -0.1) is 11.3 Å². The van der Waals surface area contributed by atoms with Gasteiger partial charge in [0, 0.05) is 17.1 Å². The average molecular weight is 412 g/mol. The van der Waals surface area contributed by atoms with Crippen molar-refractivity contribution in [2.75, 3.05) is 0 Å². The summed E-state index contributed by atoms with van der Waals surface area (Å²) in [6, 6.07) is 23.1. The molecular weight excluding hydrogens is 396 g/mol. The Kier molecular flexibility index (Phi) is 4.71. The van der Waals surface area contributed by atoms with E-state index in [0.29, 0.717) is 16.3 Å². The van der Waals surface area contributed by atoms with Gasteiger partial charge in [0.2, 0.25) is 0 Å². The van der Waals surface area contributed by atoms with Crippen molar-refractivity contribution in [3.63, 3.8) is 0 Å². The molecule has 0 spiro atoms. The van der Waals surface area contributed by atoms with E-state index in [2.05, 4.69) is 10.5 Å². The van der Waals surface area contributed by atoms with Gasteiger partial charge in [0.15, 0.2) is 5.76 Å². The summed E-state index contributed by atoms with van der Waals surface area (Å²) < 4.78 is 7.78. The predicted molar refractivity (Wildman–Crippen MR) is 118 cm³/mol. The monoisotopic (exact) mass is 412 g/mol. The number of rotatable bonds is 5. The van der Waals surface area contributed by atoms with E-state index < -0.39 is 0 Å². The highest BCUT2D eigenvalue weighted by molar-refractivity contribution is 7.12. The van der Waals surface area contributed by atoms with Gasteiger partial charge in [-0.1, -0.05) is 42.5 Å². The molecule has 0 saturated heterocycles. The van der Waals surface area contributed by atoms with Crippen molar-refractivity contribution in [3.8, 4) is 17.1 Å². The Labute approximate surface area is 176 Å². The largest absolute Gasteiger partial charge is 0.454 e. The van der Waals surface area contributed by atoms with Crippen LogP contribution in [-0.4, -0.2) is 21.9 Å². The number of thiophene rings is 1. The van der Waals surface area contributed by atoms with Crippen LogP contribution in [0.3, 0.4) is 0 Å². The summed E-state index contributed by atoms with van der Waals surface area (Å²) in [5.74, 6) is 0.388. The standard InChI is InChI=1S/C23H16N4O2S/c28-23(21-11-6-12-30-21)25-24-14-17-15-27(18-8-2-1-3-9-18)26-22(17)20-13-16-7-4-5-10-19(16)29-20/h1-15H,(H,25,28)/b24-14-. The second kappa shape index (κ2) is 7.81. The summed E-state index contributed by atoms with van der Waals surface area (Å²) in [5.41, 5.74) is 5.63. The van der Waals surface area contributed by atoms with Crippen LogP contribution in [0, 0.1) is 0 Å². The Hall–Kier alpha value is -3.97. The van der Waals surface area contributed by atoms with Crippen LogP contribution in [0.15, 0.2) is 93.9 Å². The number of amides is 1. The first-order valence-corrected chi connectivity index (χ1v) is 10.2. The highest BCUT2D eigenvalue weighted by Crippen LogP contribution is 2.29. The maximum Gasteiger partial charge on any atom is 0.281 e. The third kappa shape index (κ3) is 3.54. The molecule has 2 aromatic carbocycles. The molecule has 0 fully saturated rings. The van der Waals surface area contributed by atoms with Crippen LogP contribution in [0.5, 0.6) is 0 Å². The van der Waals surface area contributed by atoms with E-state index in [9.17, 15) is 4.79 Å². The zero-order chi connectivity index (χ0) is 20.3. The van der Waals surface area contributed by atoms with Gasteiger partial charge in [-0.05, 0) is 35.7 Å². The fourth-order valence-electron chi connectivity index (χ4n) is 3.11. The second-order valence-corrected chi connectivity index (χ2v) is 7.49. The third-order valence-electron chi connectivity index (χ3n) is 4.54. The van der Waals surface area contributed by atoms with E-state index in [1.807, 2.05) is 78.3 Å². The van der Waals surface area contributed by atoms with Gasteiger partial charge < -0.3 is 4.42 Å². The van der Waals surface area contributed by atoms with Crippen LogP contribution in [0.2, 0.25) is 0 Å². The first kappa shape index (κ1) is 18.1. The van der Waals surface area contributed by atoms with Gasteiger partial charge in [-0.2, -0.15) is 10.2 Å². The highest BCUT2D eigenvalue weighted by Gasteiger charge is 2.15. The maximum absolute atomic E-state index is 12.1. The molecule has 30 heavy (non-hydrogen) atoms. The minimum Gasteiger partial charge on any atom is -0.454 e. The van der Waals surface area contributed by atoms with Gasteiger partial charge in [0.25, 0.3) is 5.91 Å². The van der Waals surface area contributed by atoms with Crippen molar-refractivity contribution in [1.82, 2.24) is 15.2 Å². The molecule has 146 valence electrons. The number of hydrogen-bond donors (Lipinski definition) is 1. The highest BCUT2D eigenvalue weighted by atomic mass is 32.1. The van der Waals surface area contributed by atoms with Crippen LogP contribution in [0.25, 0.3) is 28.1 Å². The average Bonchev–Trinajstić information content (AvgIpc) is 3.53. The molecule has 5 aromatic rings. The van der Waals surface area contributed by atoms with Crippen molar-refractivity contribution in [2.45, 2.75) is 0 Å². The molecule has 0 unspecified atom stereocenters. The molecule has 7 heteroatoms. The van der Waals surface area contributed by atoms with Crippen molar-refractivity contribution in [3.05, 3.63) is 94.8 Å². The van der Waals surface area contributed by atoms with E-state index in [1.165, 1.54) is 11.3 Å².